The van der Waals surface area contributed by atoms with Crippen molar-refractivity contribution in [2.75, 3.05) is 0 Å². The van der Waals surface area contributed by atoms with Gasteiger partial charge in [0.25, 0.3) is 0 Å². The number of thiazole rings is 1. The highest BCUT2D eigenvalue weighted by Gasteiger charge is 2.33. The van der Waals surface area contributed by atoms with E-state index in [1.807, 2.05) is 5.38 Å². The Labute approximate surface area is 113 Å². The van der Waals surface area contributed by atoms with Gasteiger partial charge in [0.05, 0.1) is 16.8 Å². The first kappa shape index (κ1) is 14.0. The summed E-state index contributed by atoms with van der Waals surface area (Å²) in [6, 6.07) is 5.24. The average Bonchev–Trinajstić information content (AvgIpc) is 2.88. The zero-order valence-corrected chi connectivity index (χ0v) is 11.1. The van der Waals surface area contributed by atoms with Crippen LogP contribution in [0.4, 0.5) is 13.2 Å². The maximum Gasteiger partial charge on any atom is 0.416 e. The Hall–Kier alpha value is -1.40. The minimum Gasteiger partial charge on any atom is -0.305 e. The van der Waals surface area contributed by atoms with Gasteiger partial charge >= 0.3 is 6.18 Å². The fourth-order valence-electron chi connectivity index (χ4n) is 1.83. The van der Waals surface area contributed by atoms with E-state index in [0.29, 0.717) is 6.54 Å². The topological polar surface area (TPSA) is 24.9 Å². The van der Waals surface area contributed by atoms with Gasteiger partial charge in [-0.2, -0.15) is 13.2 Å². The zero-order chi connectivity index (χ0) is 13.9. The Morgan fingerprint density at radius 1 is 1.32 bits per heavy atom. The number of hydrogen-bond acceptors (Lipinski definition) is 3. The minimum absolute atomic E-state index is 0.255. The summed E-state index contributed by atoms with van der Waals surface area (Å²) in [5, 5.41) is 4.93. The van der Waals surface area contributed by atoms with E-state index in [-0.39, 0.29) is 11.6 Å². The van der Waals surface area contributed by atoms with Crippen LogP contribution in [0.1, 0.15) is 29.8 Å². The van der Waals surface area contributed by atoms with Crippen molar-refractivity contribution in [1.82, 2.24) is 10.3 Å². The summed E-state index contributed by atoms with van der Waals surface area (Å²) in [6.07, 6.45) is -4.33. The normalized spacial score (nSPS) is 13.5. The summed E-state index contributed by atoms with van der Waals surface area (Å²) in [7, 11) is 0. The Kier molecular flexibility index (Phi) is 4.21. The summed E-state index contributed by atoms with van der Waals surface area (Å²) >= 11 is 1.46. The van der Waals surface area contributed by atoms with Gasteiger partial charge in [0, 0.05) is 18.0 Å². The number of halogens is 3. The lowest BCUT2D eigenvalue weighted by Crippen LogP contribution is -2.21. The van der Waals surface area contributed by atoms with E-state index in [2.05, 4.69) is 10.3 Å². The Morgan fingerprint density at radius 3 is 2.68 bits per heavy atom. The molecule has 1 aromatic carbocycles. The molecule has 1 N–H and O–H groups in total. The molecule has 2 nitrogen and oxygen atoms in total. The lowest BCUT2D eigenvalue weighted by Gasteiger charge is -2.19. The third-order valence-electron chi connectivity index (χ3n) is 2.81. The van der Waals surface area contributed by atoms with Gasteiger partial charge in [-0.15, -0.1) is 11.3 Å². The van der Waals surface area contributed by atoms with Crippen LogP contribution in [-0.4, -0.2) is 4.98 Å². The molecule has 2 rings (SSSR count). The van der Waals surface area contributed by atoms with E-state index in [9.17, 15) is 13.2 Å². The molecule has 0 fully saturated rings. The molecule has 1 unspecified atom stereocenters. The van der Waals surface area contributed by atoms with Crippen molar-refractivity contribution >= 4 is 11.3 Å². The molecule has 0 saturated carbocycles. The second-order valence-electron chi connectivity index (χ2n) is 4.17. The highest BCUT2D eigenvalue weighted by atomic mass is 32.1. The van der Waals surface area contributed by atoms with E-state index in [0.717, 1.165) is 11.8 Å². The van der Waals surface area contributed by atoms with Gasteiger partial charge < -0.3 is 5.32 Å². The monoisotopic (exact) mass is 286 g/mol. The fraction of sp³-hybridized carbons (Fsp3) is 0.308. The highest BCUT2D eigenvalue weighted by molar-refractivity contribution is 7.07. The summed E-state index contributed by atoms with van der Waals surface area (Å²) in [6.45, 7) is 2.17. The van der Waals surface area contributed by atoms with Gasteiger partial charge in [-0.3, -0.25) is 0 Å². The lowest BCUT2D eigenvalue weighted by atomic mass is 10.0. The number of aromatic nitrogens is 1. The van der Waals surface area contributed by atoms with E-state index >= 15 is 0 Å². The standard InChI is InChI=1S/C13H13F3N2S/c1-9(17-6-10-7-19-8-18-10)11-4-2-3-5-12(11)13(14,15)16/h2-5,7-9,17H,6H2,1H3. The van der Waals surface area contributed by atoms with Crippen molar-refractivity contribution in [3.63, 3.8) is 0 Å². The quantitative estimate of drug-likeness (QED) is 0.918. The number of rotatable bonds is 4. The predicted molar refractivity (Wildman–Crippen MR) is 68.8 cm³/mol. The van der Waals surface area contributed by atoms with Crippen molar-refractivity contribution in [3.05, 3.63) is 52.0 Å². The molecule has 102 valence electrons. The second-order valence-corrected chi connectivity index (χ2v) is 4.89. The summed E-state index contributed by atoms with van der Waals surface area (Å²) < 4.78 is 38.7. The van der Waals surface area contributed by atoms with Crippen LogP contribution in [0.3, 0.4) is 0 Å². The van der Waals surface area contributed by atoms with Gasteiger partial charge in [-0.05, 0) is 18.6 Å². The molecule has 0 spiro atoms. The molecule has 0 aliphatic carbocycles. The molecule has 1 aromatic heterocycles. The number of benzene rings is 1. The van der Waals surface area contributed by atoms with Crippen LogP contribution < -0.4 is 5.32 Å². The average molecular weight is 286 g/mol. The molecule has 0 aliphatic rings. The third kappa shape index (κ3) is 3.54. The molecule has 0 saturated heterocycles. The first-order valence-electron chi connectivity index (χ1n) is 5.75. The Balaban J connectivity index is 2.12. The molecular formula is C13H13F3N2S. The van der Waals surface area contributed by atoms with Gasteiger partial charge in [0.1, 0.15) is 0 Å². The summed E-state index contributed by atoms with van der Waals surface area (Å²) in [4.78, 5) is 4.09. The minimum atomic E-state index is -4.33. The Morgan fingerprint density at radius 2 is 2.05 bits per heavy atom. The fourth-order valence-corrected chi connectivity index (χ4v) is 2.38. The largest absolute Gasteiger partial charge is 0.416 e. The van der Waals surface area contributed by atoms with Crippen molar-refractivity contribution in [2.24, 2.45) is 0 Å². The molecule has 1 heterocycles. The first-order chi connectivity index (χ1) is 8.98. The van der Waals surface area contributed by atoms with Crippen LogP contribution in [0.5, 0.6) is 0 Å². The predicted octanol–water partition coefficient (Wildman–Crippen LogP) is 4.01. The smallest absolute Gasteiger partial charge is 0.305 e. The molecule has 0 radical (unpaired) electrons. The molecule has 0 amide bonds. The maximum atomic E-state index is 12.9. The highest BCUT2D eigenvalue weighted by Crippen LogP contribution is 2.34. The zero-order valence-electron chi connectivity index (χ0n) is 10.2. The van der Waals surface area contributed by atoms with Gasteiger partial charge in [0.2, 0.25) is 0 Å². The summed E-state index contributed by atoms with van der Waals surface area (Å²) in [5.41, 5.74) is 2.20. The maximum absolute atomic E-state index is 12.9. The molecule has 6 heteroatoms. The van der Waals surface area contributed by atoms with Crippen LogP contribution in [-0.2, 0) is 12.7 Å². The van der Waals surface area contributed by atoms with Crippen LogP contribution in [0, 0.1) is 0 Å². The number of nitrogens with one attached hydrogen (secondary N) is 1. The van der Waals surface area contributed by atoms with E-state index in [1.165, 1.54) is 23.5 Å². The first-order valence-corrected chi connectivity index (χ1v) is 6.69. The van der Waals surface area contributed by atoms with Crippen molar-refractivity contribution in [3.8, 4) is 0 Å². The van der Waals surface area contributed by atoms with E-state index in [1.54, 1.807) is 18.5 Å². The molecule has 2 aromatic rings. The van der Waals surface area contributed by atoms with Crippen LogP contribution >= 0.6 is 11.3 Å². The second kappa shape index (κ2) is 5.71. The molecule has 1 atom stereocenters. The third-order valence-corrected chi connectivity index (χ3v) is 3.44. The molecule has 19 heavy (non-hydrogen) atoms. The molecular weight excluding hydrogens is 273 g/mol. The Bertz CT molecular complexity index is 523. The SMILES string of the molecule is CC(NCc1cscn1)c1ccccc1C(F)(F)F. The molecule has 0 bridgehead atoms. The van der Waals surface area contributed by atoms with Crippen molar-refractivity contribution in [1.29, 1.82) is 0 Å². The van der Waals surface area contributed by atoms with E-state index in [4.69, 9.17) is 0 Å². The van der Waals surface area contributed by atoms with Gasteiger partial charge in [-0.1, -0.05) is 18.2 Å². The van der Waals surface area contributed by atoms with Crippen molar-refractivity contribution < 1.29 is 13.2 Å². The summed E-state index contributed by atoms with van der Waals surface area (Å²) in [5.74, 6) is 0. The number of alkyl halides is 3. The van der Waals surface area contributed by atoms with Crippen LogP contribution in [0.15, 0.2) is 35.2 Å². The van der Waals surface area contributed by atoms with Gasteiger partial charge in [-0.25, -0.2) is 4.98 Å². The lowest BCUT2D eigenvalue weighted by molar-refractivity contribution is -0.138. The number of nitrogens with zero attached hydrogens (tertiary/aromatic N) is 1. The molecule has 0 aliphatic heterocycles. The van der Waals surface area contributed by atoms with Gasteiger partial charge in [0.15, 0.2) is 0 Å². The number of hydrogen-bond donors (Lipinski definition) is 1. The van der Waals surface area contributed by atoms with E-state index < -0.39 is 11.7 Å². The van der Waals surface area contributed by atoms with Crippen molar-refractivity contribution in [2.45, 2.75) is 25.7 Å². The van der Waals surface area contributed by atoms with Crippen LogP contribution in [0.25, 0.3) is 0 Å². The van der Waals surface area contributed by atoms with Crippen LogP contribution in [0.2, 0.25) is 0 Å².